The Labute approximate surface area is 154 Å². The predicted octanol–water partition coefficient (Wildman–Crippen LogP) is 3.56. The number of halogens is 2. The fraction of sp³-hybridized carbons (Fsp3) is 0.125. The lowest BCUT2D eigenvalue weighted by molar-refractivity contribution is 0.0592. The number of ether oxygens (including phenoxy) is 2. The maximum atomic E-state index is 11.4. The number of rotatable bonds is 6. The van der Waals surface area contributed by atoms with E-state index in [1.165, 1.54) is 50.6 Å². The summed E-state index contributed by atoms with van der Waals surface area (Å²) in [4.78, 5) is 22.8. The molecule has 0 aliphatic rings. The van der Waals surface area contributed by atoms with Gasteiger partial charge in [-0.1, -0.05) is 23.2 Å². The second kappa shape index (κ2) is 8.64. The topological polar surface area (TPSA) is 71.1 Å². The van der Waals surface area contributed by atoms with Gasteiger partial charge in [-0.25, -0.2) is 9.59 Å². The third kappa shape index (κ3) is 4.81. The summed E-state index contributed by atoms with van der Waals surface area (Å²) in [7, 11) is 3.58. The van der Waals surface area contributed by atoms with Gasteiger partial charge in [0.2, 0.25) is 0 Å². The van der Waals surface area contributed by atoms with E-state index in [1.54, 1.807) is 0 Å². The molecule has 0 aliphatic carbocycles. The minimum atomic E-state index is -0.508. The summed E-state index contributed by atoms with van der Waals surface area (Å²) in [6.07, 6.45) is 0. The highest BCUT2D eigenvalue weighted by Crippen LogP contribution is 2.28. The van der Waals surface area contributed by atoms with Crippen LogP contribution in [0, 0.1) is 0 Å². The zero-order chi connectivity index (χ0) is 18.4. The Morgan fingerprint density at radius 2 is 1.20 bits per heavy atom. The number of esters is 2. The van der Waals surface area contributed by atoms with Gasteiger partial charge in [-0.2, -0.15) is 0 Å². The fourth-order valence-electron chi connectivity index (χ4n) is 1.81. The van der Waals surface area contributed by atoms with E-state index in [4.69, 9.17) is 32.5 Å². The first-order valence-electron chi connectivity index (χ1n) is 6.87. The van der Waals surface area contributed by atoms with E-state index in [0.717, 1.165) is 7.69 Å². The van der Waals surface area contributed by atoms with Gasteiger partial charge in [-0.3, -0.25) is 0 Å². The lowest BCUT2D eigenvalue weighted by Crippen LogP contribution is -2.12. The molecule has 0 fully saturated rings. The molecule has 0 spiro atoms. The molecule has 0 atom stereocenters. The van der Waals surface area contributed by atoms with Crippen LogP contribution in [0.2, 0.25) is 10.0 Å². The summed E-state index contributed by atoms with van der Waals surface area (Å²) in [6.45, 7) is 0. The number of benzene rings is 2. The molecule has 2 rings (SSSR count). The lowest BCUT2D eigenvalue weighted by atomic mass is 10.2. The highest BCUT2D eigenvalue weighted by Gasteiger charge is 2.13. The summed E-state index contributed by atoms with van der Waals surface area (Å²) in [5.41, 5.74) is 0.587. The van der Waals surface area contributed by atoms with Gasteiger partial charge >= 0.3 is 19.6 Å². The number of hydrogen-bond acceptors (Lipinski definition) is 6. The molecule has 129 valence electrons. The molecule has 0 saturated heterocycles. The van der Waals surface area contributed by atoms with E-state index in [0.29, 0.717) is 11.1 Å². The van der Waals surface area contributed by atoms with Gasteiger partial charge < -0.3 is 18.8 Å². The fourth-order valence-corrected chi connectivity index (χ4v) is 2.26. The number of hydrogen-bond donors (Lipinski definition) is 0. The number of methoxy groups -OCH3 is 2. The molecule has 6 nitrogen and oxygen atoms in total. The monoisotopic (exact) mass is 381 g/mol. The van der Waals surface area contributed by atoms with Crippen LogP contribution in [0.3, 0.4) is 0 Å². The van der Waals surface area contributed by atoms with Gasteiger partial charge in [-0.15, -0.1) is 0 Å². The third-order valence-electron chi connectivity index (χ3n) is 3.06. The molecule has 0 bridgehead atoms. The second-order valence-electron chi connectivity index (χ2n) is 4.61. The van der Waals surface area contributed by atoms with E-state index in [-0.39, 0.29) is 21.5 Å². The van der Waals surface area contributed by atoms with Crippen molar-refractivity contribution in [2.45, 2.75) is 0 Å². The molecule has 2 aromatic rings. The van der Waals surface area contributed by atoms with Gasteiger partial charge in [0.25, 0.3) is 0 Å². The van der Waals surface area contributed by atoms with Crippen molar-refractivity contribution in [1.29, 1.82) is 0 Å². The normalized spacial score (nSPS) is 9.92. The number of carbonyl (C=O) groups is 2. The molecule has 0 aliphatic heterocycles. The van der Waals surface area contributed by atoms with Gasteiger partial charge in [-0.05, 0) is 36.4 Å². The predicted molar refractivity (Wildman–Crippen MR) is 92.6 cm³/mol. The zero-order valence-corrected chi connectivity index (χ0v) is 14.8. The average Bonchev–Trinajstić information content (AvgIpc) is 2.62. The molecule has 0 amide bonds. The quantitative estimate of drug-likeness (QED) is 0.562. The first-order valence-corrected chi connectivity index (χ1v) is 7.62. The maximum Gasteiger partial charge on any atom is 0.658 e. The van der Waals surface area contributed by atoms with Crippen molar-refractivity contribution in [3.8, 4) is 11.5 Å². The van der Waals surface area contributed by atoms with Crippen LogP contribution in [0.25, 0.3) is 0 Å². The average molecular weight is 382 g/mol. The Hall–Kier alpha value is -2.38. The van der Waals surface area contributed by atoms with E-state index in [1.807, 2.05) is 0 Å². The SMILES string of the molecule is COC(=O)c1ccc(O[B]Oc2ccc(C(=O)OC)cc2Cl)c(Cl)c1. The first-order chi connectivity index (χ1) is 12.0. The molecular weight excluding hydrogens is 370 g/mol. The van der Waals surface area contributed by atoms with Crippen LogP contribution in [0.5, 0.6) is 11.5 Å². The standard InChI is InChI=1S/C16H12BCl2O6/c1-22-15(20)9-3-5-13(11(18)7-9)24-17-25-14-6-4-10(8-12(14)19)16(21)23-2/h3-8H,1-2H3. The summed E-state index contributed by atoms with van der Waals surface area (Å²) in [5.74, 6) is -0.467. The molecule has 9 heteroatoms. The van der Waals surface area contributed by atoms with Crippen molar-refractivity contribution in [1.82, 2.24) is 0 Å². The van der Waals surface area contributed by atoms with Crippen molar-refractivity contribution in [3.05, 3.63) is 57.6 Å². The number of carbonyl (C=O) groups excluding carboxylic acids is 2. The molecule has 2 aromatic carbocycles. The van der Waals surface area contributed by atoms with Crippen LogP contribution >= 0.6 is 23.2 Å². The minimum absolute atomic E-state index is 0.204. The summed E-state index contributed by atoms with van der Waals surface area (Å²) in [6, 6.07) is 8.81. The van der Waals surface area contributed by atoms with Crippen LogP contribution in [-0.4, -0.2) is 33.8 Å². The zero-order valence-electron chi connectivity index (χ0n) is 13.2. The van der Waals surface area contributed by atoms with Crippen LogP contribution in [0.1, 0.15) is 20.7 Å². The van der Waals surface area contributed by atoms with E-state index in [9.17, 15) is 9.59 Å². The van der Waals surface area contributed by atoms with Crippen molar-refractivity contribution in [3.63, 3.8) is 0 Å². The highest BCUT2D eigenvalue weighted by atomic mass is 35.5. The molecule has 0 N–H and O–H groups in total. The molecule has 0 aromatic heterocycles. The van der Waals surface area contributed by atoms with Gasteiger partial charge in [0.05, 0.1) is 35.4 Å². The summed E-state index contributed by atoms with van der Waals surface area (Å²) < 4.78 is 19.8. The van der Waals surface area contributed by atoms with Crippen molar-refractivity contribution < 1.29 is 28.4 Å². The van der Waals surface area contributed by atoms with Crippen LogP contribution in [0.15, 0.2) is 36.4 Å². The van der Waals surface area contributed by atoms with Gasteiger partial charge in [0.1, 0.15) is 11.5 Å². The Kier molecular flexibility index (Phi) is 6.55. The maximum absolute atomic E-state index is 11.4. The van der Waals surface area contributed by atoms with E-state index in [2.05, 4.69) is 9.47 Å². The molecule has 0 unspecified atom stereocenters. The molecule has 25 heavy (non-hydrogen) atoms. The Balaban J connectivity index is 1.99. The van der Waals surface area contributed by atoms with Gasteiger partial charge in [0, 0.05) is 0 Å². The first kappa shape index (κ1) is 19.0. The largest absolute Gasteiger partial charge is 0.658 e. The molecule has 0 saturated carbocycles. The van der Waals surface area contributed by atoms with Crippen LogP contribution in [-0.2, 0) is 9.47 Å². The highest BCUT2D eigenvalue weighted by molar-refractivity contribution is 6.34. The van der Waals surface area contributed by atoms with Crippen molar-refractivity contribution in [2.75, 3.05) is 14.2 Å². The molecule has 1 radical (unpaired) electrons. The van der Waals surface area contributed by atoms with Crippen molar-refractivity contribution in [2.24, 2.45) is 0 Å². The van der Waals surface area contributed by atoms with Crippen LogP contribution < -0.4 is 9.31 Å². The lowest BCUT2D eigenvalue weighted by Gasteiger charge is -2.10. The summed E-state index contributed by atoms with van der Waals surface area (Å²) in [5, 5.41) is 0.407. The van der Waals surface area contributed by atoms with Crippen LogP contribution in [0.4, 0.5) is 0 Å². The van der Waals surface area contributed by atoms with E-state index >= 15 is 0 Å². The smallest absolute Gasteiger partial charge is 0.525 e. The molecular formula is C16H12BCl2O6. The summed E-state index contributed by atoms with van der Waals surface area (Å²) >= 11 is 12.1. The Morgan fingerprint density at radius 3 is 1.52 bits per heavy atom. The Morgan fingerprint density at radius 1 is 0.800 bits per heavy atom. The Bertz CT molecular complexity index is 731. The second-order valence-corrected chi connectivity index (χ2v) is 5.42. The third-order valence-corrected chi connectivity index (χ3v) is 3.65. The minimum Gasteiger partial charge on any atom is -0.525 e. The molecule has 0 heterocycles. The van der Waals surface area contributed by atoms with Crippen molar-refractivity contribution >= 4 is 42.8 Å². The van der Waals surface area contributed by atoms with Gasteiger partial charge in [0.15, 0.2) is 0 Å². The van der Waals surface area contributed by atoms with E-state index < -0.39 is 11.9 Å².